The molecule has 0 amide bonds. The van der Waals surface area contributed by atoms with Crippen LogP contribution in [0.5, 0.6) is 0 Å². The number of rotatable bonds is 5. The van der Waals surface area contributed by atoms with Gasteiger partial charge in [-0.25, -0.2) is 14.4 Å². The van der Waals surface area contributed by atoms with Crippen LogP contribution in [0.3, 0.4) is 0 Å². The zero-order valence-electron chi connectivity index (χ0n) is 16.0. The first-order valence-corrected chi connectivity index (χ1v) is 10.6. The zero-order chi connectivity index (χ0) is 20.5. The summed E-state index contributed by atoms with van der Waals surface area (Å²) in [5.74, 6) is 0.916. The Bertz CT molecular complexity index is 1260. The molecule has 0 saturated heterocycles. The fraction of sp³-hybridized carbons (Fsp3) is 0.200. The predicted octanol–water partition coefficient (Wildman–Crippen LogP) is 4.88. The minimum Gasteiger partial charge on any atom is -0.309 e. The molecule has 3 heterocycles. The van der Waals surface area contributed by atoms with Gasteiger partial charge in [0.25, 0.3) is 5.56 Å². The van der Waals surface area contributed by atoms with Gasteiger partial charge in [-0.3, -0.25) is 9.89 Å². The van der Waals surface area contributed by atoms with E-state index in [-0.39, 0.29) is 16.6 Å². The fourth-order valence-corrected chi connectivity index (χ4v) is 4.64. The number of nitrogens with one attached hydrogen (secondary N) is 2. The second-order valence-corrected chi connectivity index (χ2v) is 9.07. The standard InChI is InChI=1S/C20H18FN5OS2/c1-10-11(2)28-19-16(10)18(27)23-17(24-19)12(3)29-20-22-15(25-26-20)9-6-13-4-7-14(21)8-5-13/h4-9,12H,1-3H3,(H,22,25,26)(H,23,24,27)/b9-6+. The molecule has 0 saturated carbocycles. The highest BCUT2D eigenvalue weighted by Crippen LogP contribution is 2.32. The first kappa shape index (κ1) is 19.5. The minimum absolute atomic E-state index is 0.114. The zero-order valence-corrected chi connectivity index (χ0v) is 17.6. The first-order chi connectivity index (χ1) is 13.9. The molecule has 4 rings (SSSR count). The largest absolute Gasteiger partial charge is 0.309 e. The van der Waals surface area contributed by atoms with E-state index in [4.69, 9.17) is 0 Å². The number of fused-ring (bicyclic) bond motifs is 1. The summed E-state index contributed by atoms with van der Waals surface area (Å²) in [4.78, 5) is 26.3. The number of aromatic nitrogens is 5. The van der Waals surface area contributed by atoms with Gasteiger partial charge in [0.05, 0.1) is 10.6 Å². The number of hydrogen-bond acceptors (Lipinski definition) is 6. The van der Waals surface area contributed by atoms with Gasteiger partial charge in [0.15, 0.2) is 0 Å². The highest BCUT2D eigenvalue weighted by atomic mass is 32.2. The average molecular weight is 428 g/mol. The normalized spacial score (nSPS) is 12.8. The molecule has 0 fully saturated rings. The van der Waals surface area contributed by atoms with Crippen LogP contribution in [0, 0.1) is 19.7 Å². The molecule has 9 heteroatoms. The summed E-state index contributed by atoms with van der Waals surface area (Å²) < 4.78 is 13.0. The molecule has 0 spiro atoms. The monoisotopic (exact) mass is 427 g/mol. The van der Waals surface area contributed by atoms with Crippen LogP contribution in [-0.4, -0.2) is 25.1 Å². The second-order valence-electron chi connectivity index (χ2n) is 6.56. The molecule has 0 bridgehead atoms. The molecule has 6 nitrogen and oxygen atoms in total. The minimum atomic E-state index is -0.271. The van der Waals surface area contributed by atoms with Crippen molar-refractivity contribution in [3.05, 3.63) is 68.1 Å². The summed E-state index contributed by atoms with van der Waals surface area (Å²) >= 11 is 2.93. The SMILES string of the molecule is Cc1sc2nc(C(C)Sc3n[nH]c(/C=C/c4ccc(F)cc4)n3)[nH]c(=O)c2c1C. The molecule has 4 aromatic rings. The van der Waals surface area contributed by atoms with Crippen LogP contribution < -0.4 is 5.56 Å². The van der Waals surface area contributed by atoms with Crippen LogP contribution >= 0.6 is 23.1 Å². The van der Waals surface area contributed by atoms with Crippen molar-refractivity contribution < 1.29 is 4.39 Å². The van der Waals surface area contributed by atoms with Crippen molar-refractivity contribution in [3.63, 3.8) is 0 Å². The Balaban J connectivity index is 1.50. The van der Waals surface area contributed by atoms with Gasteiger partial charge in [0.1, 0.15) is 22.3 Å². The van der Waals surface area contributed by atoms with Gasteiger partial charge in [-0.05, 0) is 50.1 Å². The number of nitrogens with zero attached hydrogens (tertiary/aromatic N) is 3. The first-order valence-electron chi connectivity index (χ1n) is 8.93. The summed E-state index contributed by atoms with van der Waals surface area (Å²) in [5, 5.41) is 8.17. The summed E-state index contributed by atoms with van der Waals surface area (Å²) in [6, 6.07) is 6.19. The van der Waals surface area contributed by atoms with Crippen LogP contribution in [0.4, 0.5) is 4.39 Å². The van der Waals surface area contributed by atoms with Crippen LogP contribution in [0.25, 0.3) is 22.4 Å². The van der Waals surface area contributed by atoms with Gasteiger partial charge >= 0.3 is 0 Å². The van der Waals surface area contributed by atoms with Crippen molar-refractivity contribution in [1.29, 1.82) is 0 Å². The highest BCUT2D eigenvalue weighted by Gasteiger charge is 2.17. The molecule has 1 unspecified atom stereocenters. The van der Waals surface area contributed by atoms with E-state index >= 15 is 0 Å². The smallest absolute Gasteiger partial charge is 0.259 e. The quantitative estimate of drug-likeness (QED) is 0.443. The van der Waals surface area contributed by atoms with E-state index in [1.807, 2.05) is 26.8 Å². The Kier molecular flexibility index (Phi) is 5.33. The van der Waals surface area contributed by atoms with Crippen molar-refractivity contribution in [2.45, 2.75) is 31.2 Å². The third kappa shape index (κ3) is 4.15. The Morgan fingerprint density at radius 3 is 2.69 bits per heavy atom. The average Bonchev–Trinajstić information content (AvgIpc) is 3.25. The Morgan fingerprint density at radius 1 is 1.17 bits per heavy atom. The van der Waals surface area contributed by atoms with Crippen LogP contribution in [0.2, 0.25) is 0 Å². The van der Waals surface area contributed by atoms with E-state index in [2.05, 4.69) is 25.1 Å². The lowest BCUT2D eigenvalue weighted by Gasteiger charge is -2.07. The van der Waals surface area contributed by atoms with Gasteiger partial charge in [0.2, 0.25) is 5.16 Å². The summed E-state index contributed by atoms with van der Waals surface area (Å²) in [6.07, 6.45) is 3.60. The molecule has 29 heavy (non-hydrogen) atoms. The number of benzene rings is 1. The number of aromatic amines is 2. The third-order valence-electron chi connectivity index (χ3n) is 4.51. The van der Waals surface area contributed by atoms with E-state index in [9.17, 15) is 9.18 Å². The Morgan fingerprint density at radius 2 is 1.93 bits per heavy atom. The lowest BCUT2D eigenvalue weighted by molar-refractivity contribution is 0.628. The van der Waals surface area contributed by atoms with Gasteiger partial charge in [-0.1, -0.05) is 30.0 Å². The molecule has 0 aliphatic rings. The van der Waals surface area contributed by atoms with E-state index < -0.39 is 0 Å². The van der Waals surface area contributed by atoms with E-state index in [0.29, 0.717) is 22.2 Å². The van der Waals surface area contributed by atoms with Crippen molar-refractivity contribution in [2.24, 2.45) is 0 Å². The molecule has 148 valence electrons. The van der Waals surface area contributed by atoms with Crippen LogP contribution in [-0.2, 0) is 0 Å². The molecule has 0 aliphatic heterocycles. The Hall–Kier alpha value is -2.78. The highest BCUT2D eigenvalue weighted by molar-refractivity contribution is 7.99. The van der Waals surface area contributed by atoms with Gasteiger partial charge < -0.3 is 4.98 Å². The van der Waals surface area contributed by atoms with Crippen molar-refractivity contribution in [1.82, 2.24) is 25.1 Å². The number of hydrogen-bond donors (Lipinski definition) is 2. The number of H-pyrrole nitrogens is 2. The van der Waals surface area contributed by atoms with Crippen molar-refractivity contribution in [2.75, 3.05) is 0 Å². The predicted molar refractivity (Wildman–Crippen MR) is 116 cm³/mol. The maximum atomic E-state index is 13.0. The van der Waals surface area contributed by atoms with Crippen LogP contribution in [0.1, 0.15) is 39.8 Å². The molecular weight excluding hydrogens is 409 g/mol. The Labute approximate surface area is 174 Å². The van der Waals surface area contributed by atoms with Crippen molar-refractivity contribution in [3.8, 4) is 0 Å². The molecule has 3 aromatic heterocycles. The number of aryl methyl sites for hydroxylation is 2. The van der Waals surface area contributed by atoms with E-state index in [1.54, 1.807) is 18.2 Å². The summed E-state index contributed by atoms with van der Waals surface area (Å²) in [6.45, 7) is 5.89. The third-order valence-corrected chi connectivity index (χ3v) is 6.58. The summed E-state index contributed by atoms with van der Waals surface area (Å²) in [7, 11) is 0. The topological polar surface area (TPSA) is 87.3 Å². The lowest BCUT2D eigenvalue weighted by Crippen LogP contribution is -2.12. The van der Waals surface area contributed by atoms with Crippen LogP contribution in [0.15, 0.2) is 34.2 Å². The number of thioether (sulfide) groups is 1. The molecule has 1 atom stereocenters. The number of halogens is 1. The number of thiophene rings is 1. The molecular formula is C20H18FN5OS2. The molecule has 2 N–H and O–H groups in total. The van der Waals surface area contributed by atoms with Gasteiger partial charge in [0, 0.05) is 4.88 Å². The summed E-state index contributed by atoms with van der Waals surface area (Å²) in [5.41, 5.74) is 1.73. The molecule has 1 aromatic carbocycles. The molecule has 0 aliphatic carbocycles. The van der Waals surface area contributed by atoms with E-state index in [0.717, 1.165) is 20.8 Å². The van der Waals surface area contributed by atoms with E-state index in [1.165, 1.54) is 35.2 Å². The van der Waals surface area contributed by atoms with Crippen molar-refractivity contribution >= 4 is 45.5 Å². The van der Waals surface area contributed by atoms with Gasteiger partial charge in [-0.15, -0.1) is 16.4 Å². The maximum Gasteiger partial charge on any atom is 0.259 e. The van der Waals surface area contributed by atoms with Gasteiger partial charge in [-0.2, -0.15) is 0 Å². The second kappa shape index (κ2) is 7.92. The fourth-order valence-electron chi connectivity index (χ4n) is 2.81. The maximum absolute atomic E-state index is 13.0. The molecule has 0 radical (unpaired) electrons. The lowest BCUT2D eigenvalue weighted by atomic mass is 10.2.